The quantitative estimate of drug-likeness (QED) is 0.703. The summed E-state index contributed by atoms with van der Waals surface area (Å²) >= 11 is 4.78. The summed E-state index contributed by atoms with van der Waals surface area (Å²) in [5.41, 5.74) is 5.42. The summed E-state index contributed by atoms with van der Waals surface area (Å²) < 4.78 is 5.55. The number of carbonyl (C=O) groups excluding carboxylic acids is 1. The zero-order valence-electron chi connectivity index (χ0n) is 9.86. The Morgan fingerprint density at radius 3 is 2.94 bits per heavy atom. The number of ether oxygens (including phenoxy) is 1. The Kier molecular flexibility index (Phi) is 5.15. The predicted molar refractivity (Wildman–Crippen MR) is 67.1 cm³/mol. The van der Waals surface area contributed by atoms with Gasteiger partial charge in [0.15, 0.2) is 0 Å². The molecule has 3 unspecified atom stereocenters. The van der Waals surface area contributed by atoms with E-state index in [1.165, 1.54) is 0 Å². The van der Waals surface area contributed by atoms with Gasteiger partial charge in [-0.05, 0) is 19.8 Å². The molecule has 1 amide bonds. The van der Waals surface area contributed by atoms with Crippen LogP contribution in [0.2, 0.25) is 0 Å². The fraction of sp³-hybridized carbons (Fsp3) is 0.818. The number of hydrogen-bond donors (Lipinski definition) is 2. The van der Waals surface area contributed by atoms with Crippen molar-refractivity contribution in [1.29, 1.82) is 0 Å². The van der Waals surface area contributed by atoms with E-state index in [2.05, 4.69) is 12.2 Å². The summed E-state index contributed by atoms with van der Waals surface area (Å²) in [4.78, 5) is 11.9. The van der Waals surface area contributed by atoms with Crippen LogP contribution in [0.25, 0.3) is 0 Å². The maximum atomic E-state index is 11.6. The third kappa shape index (κ3) is 3.42. The Morgan fingerprint density at radius 1 is 1.69 bits per heavy atom. The van der Waals surface area contributed by atoms with Gasteiger partial charge in [-0.1, -0.05) is 19.1 Å². The van der Waals surface area contributed by atoms with Crippen molar-refractivity contribution in [2.24, 2.45) is 17.6 Å². The minimum Gasteiger partial charge on any atom is -0.393 e. The molecule has 1 aliphatic heterocycles. The average molecular weight is 244 g/mol. The monoisotopic (exact) mass is 244 g/mol. The average Bonchev–Trinajstić information content (AvgIpc) is 2.71. The molecular weight excluding hydrogens is 224 g/mol. The Morgan fingerprint density at radius 2 is 2.38 bits per heavy atom. The molecule has 92 valence electrons. The first kappa shape index (κ1) is 13.4. The molecule has 0 aromatic heterocycles. The highest BCUT2D eigenvalue weighted by Gasteiger charge is 2.27. The van der Waals surface area contributed by atoms with E-state index in [0.29, 0.717) is 12.5 Å². The van der Waals surface area contributed by atoms with Crippen molar-refractivity contribution in [2.75, 3.05) is 13.2 Å². The van der Waals surface area contributed by atoms with Crippen LogP contribution < -0.4 is 11.1 Å². The molecule has 1 fully saturated rings. The van der Waals surface area contributed by atoms with Gasteiger partial charge >= 0.3 is 0 Å². The first-order chi connectivity index (χ1) is 7.56. The molecule has 1 rings (SSSR count). The standard InChI is InChI=1S/C11H20N2O2S/c1-3-9-8(4-5-15-9)6-13-11(14)7(2)10(12)16/h7-9H,3-6H2,1-2H3,(H2,12,16)(H,13,14). The molecule has 0 bridgehead atoms. The lowest BCUT2D eigenvalue weighted by atomic mass is 9.99. The lowest BCUT2D eigenvalue weighted by Gasteiger charge is -2.18. The van der Waals surface area contributed by atoms with E-state index in [0.717, 1.165) is 19.4 Å². The van der Waals surface area contributed by atoms with Gasteiger partial charge in [-0.2, -0.15) is 0 Å². The van der Waals surface area contributed by atoms with Crippen LogP contribution in [0, 0.1) is 11.8 Å². The van der Waals surface area contributed by atoms with E-state index in [4.69, 9.17) is 22.7 Å². The van der Waals surface area contributed by atoms with E-state index in [9.17, 15) is 4.79 Å². The van der Waals surface area contributed by atoms with Gasteiger partial charge < -0.3 is 15.8 Å². The molecule has 1 aliphatic rings. The normalized spacial score (nSPS) is 26.4. The number of hydrogen-bond acceptors (Lipinski definition) is 3. The van der Waals surface area contributed by atoms with E-state index < -0.39 is 5.92 Å². The number of thiocarbonyl (C=S) groups is 1. The smallest absolute Gasteiger partial charge is 0.229 e. The number of carbonyl (C=O) groups is 1. The highest BCUT2D eigenvalue weighted by molar-refractivity contribution is 7.80. The molecule has 16 heavy (non-hydrogen) atoms. The van der Waals surface area contributed by atoms with Crippen LogP contribution in [-0.2, 0) is 9.53 Å². The molecule has 0 saturated carbocycles. The van der Waals surface area contributed by atoms with E-state index in [1.807, 2.05) is 0 Å². The molecule has 0 spiro atoms. The number of nitrogens with one attached hydrogen (secondary N) is 1. The summed E-state index contributed by atoms with van der Waals surface area (Å²) in [6.45, 7) is 5.27. The van der Waals surface area contributed by atoms with Crippen LogP contribution in [0.4, 0.5) is 0 Å². The third-order valence-corrected chi connectivity index (χ3v) is 3.46. The van der Waals surface area contributed by atoms with Crippen LogP contribution in [-0.4, -0.2) is 30.2 Å². The van der Waals surface area contributed by atoms with Gasteiger partial charge in [0.2, 0.25) is 5.91 Å². The van der Waals surface area contributed by atoms with Crippen LogP contribution in [0.3, 0.4) is 0 Å². The Balaban J connectivity index is 2.34. The van der Waals surface area contributed by atoms with Crippen molar-refractivity contribution in [3.8, 4) is 0 Å². The highest BCUT2D eigenvalue weighted by Crippen LogP contribution is 2.22. The fourth-order valence-corrected chi connectivity index (χ4v) is 2.00. The lowest BCUT2D eigenvalue weighted by molar-refractivity contribution is -0.122. The van der Waals surface area contributed by atoms with Gasteiger partial charge in [0.25, 0.3) is 0 Å². The number of nitrogens with two attached hydrogens (primary N) is 1. The Hall–Kier alpha value is -0.680. The second kappa shape index (κ2) is 6.15. The maximum absolute atomic E-state index is 11.6. The molecule has 0 aliphatic carbocycles. The predicted octanol–water partition coefficient (Wildman–Crippen LogP) is 0.840. The first-order valence-electron chi connectivity index (χ1n) is 5.74. The molecule has 1 heterocycles. The van der Waals surface area contributed by atoms with Gasteiger partial charge in [0, 0.05) is 19.1 Å². The SMILES string of the molecule is CCC1OCCC1CNC(=O)C(C)C(N)=S. The molecule has 0 aromatic rings. The molecular formula is C11H20N2O2S. The molecule has 5 heteroatoms. The minimum atomic E-state index is -0.391. The van der Waals surface area contributed by atoms with E-state index in [1.54, 1.807) is 6.92 Å². The minimum absolute atomic E-state index is 0.0887. The van der Waals surface area contributed by atoms with E-state index in [-0.39, 0.29) is 17.0 Å². The largest absolute Gasteiger partial charge is 0.393 e. The Bertz CT molecular complexity index is 271. The third-order valence-electron chi connectivity index (χ3n) is 3.11. The van der Waals surface area contributed by atoms with Crippen LogP contribution in [0.5, 0.6) is 0 Å². The fourth-order valence-electron chi connectivity index (χ4n) is 1.89. The number of rotatable bonds is 5. The summed E-state index contributed by atoms with van der Waals surface area (Å²) in [5.74, 6) is -0.0563. The Labute approximate surface area is 102 Å². The van der Waals surface area contributed by atoms with Crippen molar-refractivity contribution in [3.63, 3.8) is 0 Å². The van der Waals surface area contributed by atoms with Crippen molar-refractivity contribution >= 4 is 23.1 Å². The maximum Gasteiger partial charge on any atom is 0.229 e. The van der Waals surface area contributed by atoms with Crippen LogP contribution in [0.1, 0.15) is 26.7 Å². The summed E-state index contributed by atoms with van der Waals surface area (Å²) in [5, 5.41) is 2.88. The van der Waals surface area contributed by atoms with E-state index >= 15 is 0 Å². The highest BCUT2D eigenvalue weighted by atomic mass is 32.1. The summed E-state index contributed by atoms with van der Waals surface area (Å²) in [7, 11) is 0. The number of amides is 1. The zero-order valence-corrected chi connectivity index (χ0v) is 10.7. The van der Waals surface area contributed by atoms with Crippen molar-refractivity contribution < 1.29 is 9.53 Å². The molecule has 1 saturated heterocycles. The first-order valence-corrected chi connectivity index (χ1v) is 6.15. The van der Waals surface area contributed by atoms with Crippen molar-refractivity contribution in [3.05, 3.63) is 0 Å². The molecule has 3 N–H and O–H groups in total. The van der Waals surface area contributed by atoms with Gasteiger partial charge in [-0.25, -0.2) is 0 Å². The second-order valence-corrected chi connectivity index (χ2v) is 4.71. The van der Waals surface area contributed by atoms with Gasteiger partial charge in [0.05, 0.1) is 17.0 Å². The molecule has 0 radical (unpaired) electrons. The molecule has 4 nitrogen and oxygen atoms in total. The summed E-state index contributed by atoms with van der Waals surface area (Å²) in [6.07, 6.45) is 2.28. The van der Waals surface area contributed by atoms with Crippen molar-refractivity contribution in [2.45, 2.75) is 32.8 Å². The molecule has 0 aromatic carbocycles. The molecule has 3 atom stereocenters. The topological polar surface area (TPSA) is 64.3 Å². The van der Waals surface area contributed by atoms with Gasteiger partial charge in [0.1, 0.15) is 0 Å². The summed E-state index contributed by atoms with van der Waals surface area (Å²) in [6, 6.07) is 0. The van der Waals surface area contributed by atoms with Crippen LogP contribution in [0.15, 0.2) is 0 Å². The second-order valence-electron chi connectivity index (χ2n) is 4.24. The lowest BCUT2D eigenvalue weighted by Crippen LogP contribution is -2.39. The zero-order chi connectivity index (χ0) is 12.1. The van der Waals surface area contributed by atoms with Gasteiger partial charge in [-0.15, -0.1) is 0 Å². The van der Waals surface area contributed by atoms with Crippen molar-refractivity contribution in [1.82, 2.24) is 5.32 Å². The van der Waals surface area contributed by atoms with Gasteiger partial charge in [-0.3, -0.25) is 4.79 Å². The van der Waals surface area contributed by atoms with Crippen LogP contribution >= 0.6 is 12.2 Å².